The third kappa shape index (κ3) is 4.02. The molecule has 0 unspecified atom stereocenters. The summed E-state index contributed by atoms with van der Waals surface area (Å²) >= 11 is 0. The van der Waals surface area contributed by atoms with Crippen LogP contribution in [0.1, 0.15) is 29.6 Å². The topological polar surface area (TPSA) is 119 Å². The molecule has 1 N–H and O–H groups in total. The minimum absolute atomic E-state index is 0.0734. The van der Waals surface area contributed by atoms with Crippen molar-refractivity contribution in [3.63, 3.8) is 0 Å². The SMILES string of the molecule is O=C(Nc1cccc2ccccc12)c1cc([N+](=O)[O-])cc([N+](=O)[O-])c1N1CCCCC1. The van der Waals surface area contributed by atoms with E-state index in [9.17, 15) is 25.0 Å². The second-order valence-corrected chi connectivity index (χ2v) is 7.40. The summed E-state index contributed by atoms with van der Waals surface area (Å²) in [7, 11) is 0. The van der Waals surface area contributed by atoms with Crippen molar-refractivity contribution in [1.82, 2.24) is 0 Å². The van der Waals surface area contributed by atoms with Crippen LogP contribution in [0.15, 0.2) is 54.6 Å². The highest BCUT2D eigenvalue weighted by molar-refractivity contribution is 6.13. The standard InChI is InChI=1S/C22H20N4O5/c27-22(23-19-10-6-8-15-7-2-3-9-17(15)19)18-13-16(25(28)29)14-20(26(30)31)21(18)24-11-4-1-5-12-24/h2-3,6-10,13-14H,1,4-5,11-12H2,(H,23,27). The molecule has 0 aromatic heterocycles. The number of nitro benzene ring substituents is 2. The zero-order valence-corrected chi connectivity index (χ0v) is 16.6. The van der Waals surface area contributed by atoms with Crippen LogP contribution in [0, 0.1) is 20.2 Å². The Kier molecular flexibility index (Phi) is 5.48. The molecule has 1 saturated heterocycles. The van der Waals surface area contributed by atoms with E-state index in [0.717, 1.165) is 42.2 Å². The molecule has 158 valence electrons. The van der Waals surface area contributed by atoms with Gasteiger partial charge in [0, 0.05) is 30.2 Å². The highest BCUT2D eigenvalue weighted by Crippen LogP contribution is 2.38. The molecule has 0 atom stereocenters. The van der Waals surface area contributed by atoms with Gasteiger partial charge in [0.05, 0.1) is 21.5 Å². The van der Waals surface area contributed by atoms with Crippen LogP contribution >= 0.6 is 0 Å². The lowest BCUT2D eigenvalue weighted by Crippen LogP contribution is -2.32. The first kappa shape index (κ1) is 20.3. The van der Waals surface area contributed by atoms with Gasteiger partial charge in [-0.2, -0.15) is 0 Å². The smallest absolute Gasteiger partial charge is 0.300 e. The summed E-state index contributed by atoms with van der Waals surface area (Å²) in [5.74, 6) is -0.622. The molecule has 9 heteroatoms. The van der Waals surface area contributed by atoms with Crippen molar-refractivity contribution in [2.24, 2.45) is 0 Å². The first-order valence-electron chi connectivity index (χ1n) is 9.96. The monoisotopic (exact) mass is 420 g/mol. The Balaban J connectivity index is 1.83. The van der Waals surface area contributed by atoms with Gasteiger partial charge in [0.25, 0.3) is 17.3 Å². The van der Waals surface area contributed by atoms with E-state index in [0.29, 0.717) is 18.8 Å². The van der Waals surface area contributed by atoms with Crippen molar-refractivity contribution in [1.29, 1.82) is 0 Å². The molecule has 1 fully saturated rings. The van der Waals surface area contributed by atoms with Gasteiger partial charge in [0.15, 0.2) is 0 Å². The molecule has 0 aliphatic carbocycles. The molecule has 0 bridgehead atoms. The first-order chi connectivity index (χ1) is 15.0. The maximum absolute atomic E-state index is 13.3. The van der Waals surface area contributed by atoms with E-state index in [1.165, 1.54) is 0 Å². The van der Waals surface area contributed by atoms with Crippen molar-refractivity contribution >= 4 is 39.4 Å². The van der Waals surface area contributed by atoms with E-state index in [4.69, 9.17) is 0 Å². The molecule has 1 heterocycles. The fourth-order valence-corrected chi connectivity index (χ4v) is 4.00. The van der Waals surface area contributed by atoms with E-state index >= 15 is 0 Å². The van der Waals surface area contributed by atoms with Crippen LogP contribution in [-0.4, -0.2) is 28.8 Å². The zero-order chi connectivity index (χ0) is 22.0. The van der Waals surface area contributed by atoms with Crippen LogP contribution in [-0.2, 0) is 0 Å². The Labute approximate surface area is 177 Å². The lowest BCUT2D eigenvalue weighted by atomic mass is 10.0. The number of nitrogens with zero attached hydrogens (tertiary/aromatic N) is 3. The minimum atomic E-state index is -0.721. The summed E-state index contributed by atoms with van der Waals surface area (Å²) in [5, 5.41) is 27.7. The van der Waals surface area contributed by atoms with E-state index in [1.54, 1.807) is 17.0 Å². The number of fused-ring (bicyclic) bond motifs is 1. The summed E-state index contributed by atoms with van der Waals surface area (Å²) in [5.41, 5.74) is -0.333. The fourth-order valence-electron chi connectivity index (χ4n) is 4.00. The van der Waals surface area contributed by atoms with Crippen molar-refractivity contribution in [3.05, 3.63) is 80.4 Å². The van der Waals surface area contributed by atoms with Gasteiger partial charge < -0.3 is 10.2 Å². The molecular formula is C22H20N4O5. The van der Waals surface area contributed by atoms with Crippen LogP contribution < -0.4 is 10.2 Å². The molecular weight excluding hydrogens is 400 g/mol. The predicted octanol–water partition coefficient (Wildman–Crippen LogP) is 4.90. The van der Waals surface area contributed by atoms with Crippen LogP contribution in [0.2, 0.25) is 0 Å². The van der Waals surface area contributed by atoms with E-state index in [-0.39, 0.29) is 11.3 Å². The molecule has 0 spiro atoms. The molecule has 4 rings (SSSR count). The third-order valence-electron chi connectivity index (χ3n) is 5.44. The number of piperidine rings is 1. The first-order valence-corrected chi connectivity index (χ1v) is 9.96. The number of nitrogens with one attached hydrogen (secondary N) is 1. The van der Waals surface area contributed by atoms with E-state index in [2.05, 4.69) is 5.32 Å². The maximum atomic E-state index is 13.3. The largest absolute Gasteiger partial charge is 0.365 e. The lowest BCUT2D eigenvalue weighted by molar-refractivity contribution is -0.393. The number of amides is 1. The van der Waals surface area contributed by atoms with Gasteiger partial charge in [0.1, 0.15) is 5.69 Å². The van der Waals surface area contributed by atoms with Gasteiger partial charge in [-0.15, -0.1) is 0 Å². The normalized spacial score (nSPS) is 13.7. The third-order valence-corrected chi connectivity index (χ3v) is 5.44. The Morgan fingerprint density at radius 2 is 1.61 bits per heavy atom. The van der Waals surface area contributed by atoms with E-state index < -0.39 is 27.1 Å². The number of benzene rings is 3. The number of nitro groups is 2. The van der Waals surface area contributed by atoms with Crippen LogP contribution in [0.3, 0.4) is 0 Å². The average molecular weight is 420 g/mol. The van der Waals surface area contributed by atoms with Crippen LogP contribution in [0.5, 0.6) is 0 Å². The summed E-state index contributed by atoms with van der Waals surface area (Å²) in [6, 6.07) is 15.0. The number of non-ortho nitro benzene ring substituents is 1. The second-order valence-electron chi connectivity index (χ2n) is 7.40. The Morgan fingerprint density at radius 1 is 0.903 bits per heavy atom. The highest BCUT2D eigenvalue weighted by Gasteiger charge is 2.31. The summed E-state index contributed by atoms with van der Waals surface area (Å²) < 4.78 is 0. The van der Waals surface area contributed by atoms with Crippen molar-refractivity contribution in [2.75, 3.05) is 23.3 Å². The molecule has 1 aliphatic rings. The Morgan fingerprint density at radius 3 is 2.32 bits per heavy atom. The number of anilines is 2. The fraction of sp³-hybridized carbons (Fsp3) is 0.227. The maximum Gasteiger partial charge on any atom is 0.300 e. The molecule has 0 radical (unpaired) electrons. The number of carbonyl (C=O) groups excluding carboxylic acids is 1. The number of hydrogen-bond donors (Lipinski definition) is 1. The number of carbonyl (C=O) groups is 1. The van der Waals surface area contributed by atoms with Crippen LogP contribution in [0.4, 0.5) is 22.7 Å². The molecule has 3 aromatic carbocycles. The summed E-state index contributed by atoms with van der Waals surface area (Å²) in [6.45, 7) is 1.10. The van der Waals surface area contributed by atoms with Crippen LogP contribution in [0.25, 0.3) is 10.8 Å². The molecule has 0 saturated carbocycles. The van der Waals surface area contributed by atoms with Gasteiger partial charge in [-0.3, -0.25) is 25.0 Å². The molecule has 3 aromatic rings. The summed E-state index contributed by atoms with van der Waals surface area (Å²) in [6.07, 6.45) is 2.66. The Bertz CT molecular complexity index is 1180. The van der Waals surface area contributed by atoms with Crippen molar-refractivity contribution in [2.45, 2.75) is 19.3 Å². The lowest BCUT2D eigenvalue weighted by Gasteiger charge is -2.29. The Hall–Kier alpha value is -4.01. The number of hydrogen-bond acceptors (Lipinski definition) is 6. The second kappa shape index (κ2) is 8.39. The van der Waals surface area contributed by atoms with Crippen molar-refractivity contribution in [3.8, 4) is 0 Å². The predicted molar refractivity (Wildman–Crippen MR) is 118 cm³/mol. The van der Waals surface area contributed by atoms with Gasteiger partial charge in [-0.25, -0.2) is 0 Å². The van der Waals surface area contributed by atoms with Crippen molar-refractivity contribution < 1.29 is 14.6 Å². The molecule has 1 amide bonds. The molecule has 9 nitrogen and oxygen atoms in total. The van der Waals surface area contributed by atoms with Gasteiger partial charge >= 0.3 is 0 Å². The average Bonchev–Trinajstić information content (AvgIpc) is 2.79. The molecule has 31 heavy (non-hydrogen) atoms. The molecule has 1 aliphatic heterocycles. The highest BCUT2D eigenvalue weighted by atomic mass is 16.6. The quantitative estimate of drug-likeness (QED) is 0.463. The van der Waals surface area contributed by atoms with E-state index in [1.807, 2.05) is 30.3 Å². The van der Waals surface area contributed by atoms with Gasteiger partial charge in [0.2, 0.25) is 0 Å². The summed E-state index contributed by atoms with van der Waals surface area (Å²) in [4.78, 5) is 36.9. The minimum Gasteiger partial charge on any atom is -0.365 e. The van der Waals surface area contributed by atoms with Gasteiger partial charge in [-0.05, 0) is 30.7 Å². The number of rotatable bonds is 5. The van der Waals surface area contributed by atoms with Gasteiger partial charge in [-0.1, -0.05) is 36.4 Å². The zero-order valence-electron chi connectivity index (χ0n) is 16.6.